The molecule has 0 fully saturated rings. The molecule has 2 aromatic rings. The minimum absolute atomic E-state index is 0.0426. The molecule has 182 valence electrons. The molecule has 2 aromatic carbocycles. The van der Waals surface area contributed by atoms with Gasteiger partial charge in [0, 0.05) is 12.2 Å². The van der Waals surface area contributed by atoms with Crippen LogP contribution in [0.3, 0.4) is 0 Å². The highest BCUT2D eigenvalue weighted by atomic mass is 32.2. The second-order valence-electron chi connectivity index (χ2n) is 8.63. The highest BCUT2D eigenvalue weighted by Gasteiger charge is 2.41. The van der Waals surface area contributed by atoms with Crippen LogP contribution in [0, 0.1) is 6.92 Å². The van der Waals surface area contributed by atoms with Crippen molar-refractivity contribution in [2.45, 2.75) is 45.6 Å². The van der Waals surface area contributed by atoms with Gasteiger partial charge in [0.15, 0.2) is 5.17 Å². The second-order valence-corrected chi connectivity index (χ2v) is 9.47. The van der Waals surface area contributed by atoms with Crippen molar-refractivity contribution in [3.05, 3.63) is 93.7 Å². The first-order valence-electron chi connectivity index (χ1n) is 11.9. The number of benzene rings is 2. The van der Waals surface area contributed by atoms with Crippen LogP contribution in [-0.4, -0.2) is 35.6 Å². The second kappa shape index (κ2) is 11.4. The van der Waals surface area contributed by atoms with E-state index in [1.54, 1.807) is 0 Å². The molecular formula is C28H31N3O3S. The summed E-state index contributed by atoms with van der Waals surface area (Å²) >= 11 is 1.49. The molecule has 0 unspecified atom stereocenters. The maximum absolute atomic E-state index is 12.9. The first kappa shape index (κ1) is 24.8. The number of methoxy groups -OCH3 is 1. The van der Waals surface area contributed by atoms with Gasteiger partial charge in [-0.05, 0) is 42.7 Å². The summed E-state index contributed by atoms with van der Waals surface area (Å²) in [5.74, 6) is -0.434. The Morgan fingerprint density at radius 2 is 1.94 bits per heavy atom. The smallest absolute Gasteiger partial charge is 0.338 e. The Bertz CT molecular complexity index is 1190. The number of hydrogen-bond acceptors (Lipinski definition) is 6. The molecule has 0 radical (unpaired) electrons. The average Bonchev–Trinajstić information content (AvgIpc) is 3.27. The lowest BCUT2D eigenvalue weighted by Crippen LogP contribution is -2.38. The van der Waals surface area contributed by atoms with Crippen LogP contribution in [-0.2, 0) is 20.7 Å². The topological polar surface area (TPSA) is 71.0 Å². The van der Waals surface area contributed by atoms with Crippen molar-refractivity contribution in [2.24, 2.45) is 4.99 Å². The molecule has 4 rings (SSSR count). The summed E-state index contributed by atoms with van der Waals surface area (Å²) in [5, 5.41) is 5.80. The Labute approximate surface area is 211 Å². The molecule has 0 spiro atoms. The number of thioether (sulfide) groups is 1. The molecule has 2 aliphatic heterocycles. The van der Waals surface area contributed by atoms with Crippen molar-refractivity contribution in [2.75, 3.05) is 13.7 Å². The number of hydrogen-bond donors (Lipinski definition) is 1. The van der Waals surface area contributed by atoms with Gasteiger partial charge in [-0.25, -0.2) is 9.79 Å². The largest absolute Gasteiger partial charge is 0.466 e. The Hall–Kier alpha value is -3.32. The Morgan fingerprint density at radius 3 is 2.66 bits per heavy atom. The van der Waals surface area contributed by atoms with E-state index in [-0.39, 0.29) is 12.3 Å². The lowest BCUT2D eigenvalue weighted by molar-refractivity contribution is -0.136. The van der Waals surface area contributed by atoms with Crippen molar-refractivity contribution in [1.29, 1.82) is 0 Å². The van der Waals surface area contributed by atoms with E-state index in [0.29, 0.717) is 18.5 Å². The number of nitrogens with zero attached hydrogens (tertiary/aromatic N) is 2. The minimum atomic E-state index is -0.392. The molecule has 0 aromatic heterocycles. The Balaban J connectivity index is 1.51. The van der Waals surface area contributed by atoms with Crippen molar-refractivity contribution >= 4 is 28.8 Å². The normalized spacial score (nSPS) is 17.0. The van der Waals surface area contributed by atoms with Crippen LogP contribution in [0.15, 0.2) is 82.0 Å². The molecule has 1 atom stereocenters. The predicted octanol–water partition coefficient (Wildman–Crippen LogP) is 5.27. The number of carbonyl (C=O) groups is 2. The molecule has 35 heavy (non-hydrogen) atoms. The molecule has 7 heteroatoms. The fourth-order valence-electron chi connectivity index (χ4n) is 4.46. The number of amidine groups is 1. The number of fused-ring (bicyclic) bond motifs is 1. The predicted molar refractivity (Wildman–Crippen MR) is 141 cm³/mol. The zero-order chi connectivity index (χ0) is 24.8. The standard InChI is InChI=1S/C28H31N3O3S/c1-4-23-25(27(33)34-3)26(21-14-8-10-19(2)16-21)31-22(18-35-28(31)30-23)17-24(32)29-15-9-13-20-11-6-5-7-12-20/h5-8,10-12,14,16,18,26H,4,9,13,15,17H2,1-3H3,(H,29,32)/t26-/m1/s1. The number of aryl methyl sites for hydroxylation is 2. The van der Waals surface area contributed by atoms with Crippen LogP contribution in [0.1, 0.15) is 48.9 Å². The van der Waals surface area contributed by atoms with Gasteiger partial charge in [-0.2, -0.15) is 0 Å². The number of esters is 1. The van der Waals surface area contributed by atoms with Gasteiger partial charge >= 0.3 is 5.97 Å². The summed E-state index contributed by atoms with van der Waals surface area (Å²) in [4.78, 5) is 32.6. The van der Waals surface area contributed by atoms with Crippen molar-refractivity contribution in [3.8, 4) is 0 Å². The summed E-state index contributed by atoms with van der Waals surface area (Å²) in [5.41, 5.74) is 5.42. The fraction of sp³-hybridized carbons (Fsp3) is 0.321. The van der Waals surface area contributed by atoms with E-state index >= 15 is 0 Å². The molecule has 2 heterocycles. The van der Waals surface area contributed by atoms with Crippen LogP contribution in [0.2, 0.25) is 0 Å². The molecule has 1 N–H and O–H groups in total. The summed E-state index contributed by atoms with van der Waals surface area (Å²) < 4.78 is 5.17. The summed E-state index contributed by atoms with van der Waals surface area (Å²) in [6.07, 6.45) is 2.63. The maximum Gasteiger partial charge on any atom is 0.338 e. The van der Waals surface area contributed by atoms with Crippen LogP contribution in [0.25, 0.3) is 0 Å². The number of nitrogens with one attached hydrogen (secondary N) is 1. The molecule has 6 nitrogen and oxygen atoms in total. The molecular weight excluding hydrogens is 458 g/mol. The lowest BCUT2D eigenvalue weighted by atomic mass is 9.92. The zero-order valence-corrected chi connectivity index (χ0v) is 21.2. The monoisotopic (exact) mass is 489 g/mol. The molecule has 2 aliphatic rings. The van der Waals surface area contributed by atoms with Gasteiger partial charge in [-0.1, -0.05) is 78.8 Å². The SMILES string of the molecule is CCC1=C(C(=O)OC)[C@@H](c2cccc(C)c2)N2C(CC(=O)NCCCc3ccccc3)=CSC2=N1. The van der Waals surface area contributed by atoms with Gasteiger partial charge in [0.05, 0.1) is 30.8 Å². The van der Waals surface area contributed by atoms with Crippen molar-refractivity contribution in [1.82, 2.24) is 10.2 Å². The van der Waals surface area contributed by atoms with Gasteiger partial charge in [-0.15, -0.1) is 0 Å². The first-order chi connectivity index (χ1) is 17.0. The highest BCUT2D eigenvalue weighted by Crippen LogP contribution is 2.45. The zero-order valence-electron chi connectivity index (χ0n) is 20.4. The van der Waals surface area contributed by atoms with E-state index in [2.05, 4.69) is 23.5 Å². The summed E-state index contributed by atoms with van der Waals surface area (Å²) in [6, 6.07) is 18.0. The van der Waals surface area contributed by atoms with Gasteiger partial charge in [0.1, 0.15) is 0 Å². The Morgan fingerprint density at radius 1 is 1.14 bits per heavy atom. The van der Waals surface area contributed by atoms with Crippen molar-refractivity contribution in [3.63, 3.8) is 0 Å². The first-order valence-corrected chi connectivity index (χ1v) is 12.8. The molecule has 0 aliphatic carbocycles. The van der Waals surface area contributed by atoms with Crippen molar-refractivity contribution < 1.29 is 14.3 Å². The number of ether oxygens (including phenoxy) is 1. The van der Waals surface area contributed by atoms with Crippen LogP contribution < -0.4 is 5.32 Å². The van der Waals surface area contributed by atoms with E-state index < -0.39 is 12.0 Å². The van der Waals surface area contributed by atoms with E-state index in [1.807, 2.05) is 60.6 Å². The molecule has 0 saturated carbocycles. The molecule has 0 bridgehead atoms. The highest BCUT2D eigenvalue weighted by molar-refractivity contribution is 8.16. The quantitative estimate of drug-likeness (QED) is 0.384. The minimum Gasteiger partial charge on any atom is -0.466 e. The summed E-state index contributed by atoms with van der Waals surface area (Å²) in [7, 11) is 1.40. The number of carbonyl (C=O) groups excluding carboxylic acids is 2. The van der Waals surface area contributed by atoms with Crippen LogP contribution >= 0.6 is 11.8 Å². The van der Waals surface area contributed by atoms with Crippen LogP contribution in [0.5, 0.6) is 0 Å². The number of aliphatic imine (C=N–C) groups is 1. The van der Waals surface area contributed by atoms with E-state index in [1.165, 1.54) is 24.4 Å². The molecule has 1 amide bonds. The Kier molecular flexibility index (Phi) is 8.08. The van der Waals surface area contributed by atoms with Crippen LogP contribution in [0.4, 0.5) is 0 Å². The lowest BCUT2D eigenvalue weighted by Gasteiger charge is -2.36. The maximum atomic E-state index is 12.9. The van der Waals surface area contributed by atoms with Gasteiger partial charge in [-0.3, -0.25) is 4.79 Å². The van der Waals surface area contributed by atoms with E-state index in [9.17, 15) is 9.59 Å². The van der Waals surface area contributed by atoms with Gasteiger partial charge in [0.25, 0.3) is 0 Å². The fourth-order valence-corrected chi connectivity index (χ4v) is 5.40. The summed E-state index contributed by atoms with van der Waals surface area (Å²) in [6.45, 7) is 4.63. The van der Waals surface area contributed by atoms with Gasteiger partial charge < -0.3 is 15.0 Å². The number of amides is 1. The number of rotatable bonds is 9. The number of allylic oxidation sites excluding steroid dienone is 1. The molecule has 0 saturated heterocycles. The third-order valence-electron chi connectivity index (χ3n) is 6.14. The third kappa shape index (κ3) is 5.68. The van der Waals surface area contributed by atoms with E-state index in [4.69, 9.17) is 9.73 Å². The third-order valence-corrected chi connectivity index (χ3v) is 7.02. The van der Waals surface area contributed by atoms with E-state index in [0.717, 1.165) is 40.5 Å². The van der Waals surface area contributed by atoms with Gasteiger partial charge in [0.2, 0.25) is 5.91 Å². The average molecular weight is 490 g/mol.